The number of carbonyl (C=O) groups is 2. The predicted molar refractivity (Wildman–Crippen MR) is 76.8 cm³/mol. The number of hydrogen-bond acceptors (Lipinski definition) is 3. The van der Waals surface area contributed by atoms with Crippen LogP contribution in [0.5, 0.6) is 0 Å². The van der Waals surface area contributed by atoms with Crippen LogP contribution < -0.4 is 5.32 Å². The van der Waals surface area contributed by atoms with Gasteiger partial charge in [-0.15, -0.1) is 0 Å². The van der Waals surface area contributed by atoms with E-state index in [4.69, 9.17) is 4.74 Å². The Balaban J connectivity index is 2.93. The van der Waals surface area contributed by atoms with E-state index < -0.39 is 23.7 Å². The molecule has 0 fully saturated rings. The number of ether oxygens (including phenoxy) is 1. The number of hydrogen-bond donors (Lipinski definition) is 1. The molecule has 1 N–H and O–H groups in total. The molecule has 0 aliphatic rings. The molecule has 0 bridgehead atoms. The van der Waals surface area contributed by atoms with Gasteiger partial charge in [0.15, 0.2) is 0 Å². The fourth-order valence-electron chi connectivity index (χ4n) is 1.69. The van der Waals surface area contributed by atoms with Crippen molar-refractivity contribution in [2.45, 2.75) is 26.3 Å². The summed E-state index contributed by atoms with van der Waals surface area (Å²) in [7, 11) is 1.28. The summed E-state index contributed by atoms with van der Waals surface area (Å²) in [5, 5.41) is 2.63. The third-order valence-electron chi connectivity index (χ3n) is 3.13. The third-order valence-corrected chi connectivity index (χ3v) is 3.79. The molecule has 0 aromatic heterocycles. The standard InChI is InChI=1S/C14H17BrFNO3/c1-4-8(2)12(14(19)20-3)17-13(18)10-6-5-9(16)7-11(10)15/h5-8,12H,4H2,1-3H3,(H,17,18). The van der Waals surface area contributed by atoms with Gasteiger partial charge in [0.05, 0.1) is 12.7 Å². The zero-order valence-corrected chi connectivity index (χ0v) is 13.2. The Bertz CT molecular complexity index is 507. The number of benzene rings is 1. The van der Waals surface area contributed by atoms with E-state index in [0.29, 0.717) is 10.9 Å². The normalized spacial score (nSPS) is 13.4. The van der Waals surface area contributed by atoms with Crippen LogP contribution in [0.4, 0.5) is 4.39 Å². The molecule has 1 rings (SSSR count). The van der Waals surface area contributed by atoms with Gasteiger partial charge in [-0.25, -0.2) is 9.18 Å². The zero-order valence-electron chi connectivity index (χ0n) is 11.6. The van der Waals surface area contributed by atoms with E-state index in [0.717, 1.165) is 0 Å². The van der Waals surface area contributed by atoms with E-state index in [-0.39, 0.29) is 11.5 Å². The van der Waals surface area contributed by atoms with Crippen LogP contribution in [-0.4, -0.2) is 25.0 Å². The molecule has 1 aromatic carbocycles. The van der Waals surface area contributed by atoms with E-state index in [2.05, 4.69) is 21.2 Å². The van der Waals surface area contributed by atoms with Crippen molar-refractivity contribution in [3.8, 4) is 0 Å². The zero-order chi connectivity index (χ0) is 15.3. The predicted octanol–water partition coefficient (Wildman–Crippen LogP) is 2.91. The average molecular weight is 346 g/mol. The van der Waals surface area contributed by atoms with E-state index in [1.807, 2.05) is 13.8 Å². The van der Waals surface area contributed by atoms with Gasteiger partial charge in [-0.05, 0) is 40.0 Å². The maximum Gasteiger partial charge on any atom is 0.328 e. The highest BCUT2D eigenvalue weighted by molar-refractivity contribution is 9.10. The van der Waals surface area contributed by atoms with Crippen LogP contribution >= 0.6 is 15.9 Å². The van der Waals surface area contributed by atoms with Crippen molar-refractivity contribution in [2.24, 2.45) is 5.92 Å². The molecule has 2 unspecified atom stereocenters. The van der Waals surface area contributed by atoms with Crippen LogP contribution in [-0.2, 0) is 9.53 Å². The highest BCUT2D eigenvalue weighted by Gasteiger charge is 2.27. The SMILES string of the molecule is CCC(C)C(NC(=O)c1ccc(F)cc1Br)C(=O)OC. The maximum atomic E-state index is 13.0. The van der Waals surface area contributed by atoms with Gasteiger partial charge in [0.1, 0.15) is 11.9 Å². The summed E-state index contributed by atoms with van der Waals surface area (Å²) in [6.07, 6.45) is 0.713. The molecule has 6 heteroatoms. The first-order valence-corrected chi connectivity index (χ1v) is 7.03. The van der Waals surface area contributed by atoms with Crippen molar-refractivity contribution in [2.75, 3.05) is 7.11 Å². The largest absolute Gasteiger partial charge is 0.467 e. The second kappa shape index (κ2) is 7.38. The topological polar surface area (TPSA) is 55.4 Å². The Morgan fingerprint density at radius 1 is 1.45 bits per heavy atom. The molecule has 0 aliphatic heterocycles. The first-order chi connectivity index (χ1) is 9.40. The monoisotopic (exact) mass is 345 g/mol. The summed E-state index contributed by atoms with van der Waals surface area (Å²) in [5.74, 6) is -1.45. The molecule has 20 heavy (non-hydrogen) atoms. The first kappa shape index (κ1) is 16.6. The Kier molecular flexibility index (Phi) is 6.13. The molecule has 1 aromatic rings. The highest BCUT2D eigenvalue weighted by Crippen LogP contribution is 2.19. The Morgan fingerprint density at radius 3 is 2.60 bits per heavy atom. The van der Waals surface area contributed by atoms with Crippen LogP contribution in [0.3, 0.4) is 0 Å². The number of carbonyl (C=O) groups excluding carboxylic acids is 2. The molecule has 0 saturated carbocycles. The fourth-order valence-corrected chi connectivity index (χ4v) is 2.22. The fraction of sp³-hybridized carbons (Fsp3) is 0.429. The summed E-state index contributed by atoms with van der Waals surface area (Å²) in [6.45, 7) is 3.77. The minimum atomic E-state index is -0.727. The Morgan fingerprint density at radius 2 is 2.10 bits per heavy atom. The summed E-state index contributed by atoms with van der Waals surface area (Å²) in [5.41, 5.74) is 0.267. The summed E-state index contributed by atoms with van der Waals surface area (Å²) in [6, 6.07) is 3.02. The van der Waals surface area contributed by atoms with Crippen molar-refractivity contribution in [3.05, 3.63) is 34.1 Å². The molecule has 0 spiro atoms. The molecule has 4 nitrogen and oxygen atoms in total. The van der Waals surface area contributed by atoms with Gasteiger partial charge < -0.3 is 10.1 Å². The molecule has 0 aliphatic carbocycles. The summed E-state index contributed by atoms with van der Waals surface area (Å²) in [4.78, 5) is 23.9. The van der Waals surface area contributed by atoms with E-state index >= 15 is 0 Å². The van der Waals surface area contributed by atoms with Crippen molar-refractivity contribution in [1.29, 1.82) is 0 Å². The van der Waals surface area contributed by atoms with Crippen LogP contribution in [0, 0.1) is 11.7 Å². The number of halogens is 2. The van der Waals surface area contributed by atoms with Gasteiger partial charge in [-0.1, -0.05) is 20.3 Å². The summed E-state index contributed by atoms with van der Waals surface area (Å²) < 4.78 is 18.0. The van der Waals surface area contributed by atoms with Crippen molar-refractivity contribution in [1.82, 2.24) is 5.32 Å². The number of methoxy groups -OCH3 is 1. The molecule has 110 valence electrons. The van der Waals surface area contributed by atoms with Crippen molar-refractivity contribution >= 4 is 27.8 Å². The number of rotatable bonds is 5. The Hall–Kier alpha value is -1.43. The van der Waals surface area contributed by atoms with Crippen molar-refractivity contribution < 1.29 is 18.7 Å². The second-order valence-electron chi connectivity index (χ2n) is 4.48. The van der Waals surface area contributed by atoms with Crippen LogP contribution in [0.25, 0.3) is 0 Å². The van der Waals surface area contributed by atoms with Gasteiger partial charge in [0, 0.05) is 4.47 Å². The molecule has 1 amide bonds. The number of nitrogens with one attached hydrogen (secondary N) is 1. The second-order valence-corrected chi connectivity index (χ2v) is 5.34. The van der Waals surface area contributed by atoms with Gasteiger partial charge in [0.2, 0.25) is 0 Å². The van der Waals surface area contributed by atoms with Gasteiger partial charge in [-0.2, -0.15) is 0 Å². The third kappa shape index (κ3) is 4.03. The quantitative estimate of drug-likeness (QED) is 0.834. The molecular formula is C14H17BrFNO3. The molecular weight excluding hydrogens is 329 g/mol. The first-order valence-electron chi connectivity index (χ1n) is 6.24. The summed E-state index contributed by atoms with van der Waals surface area (Å²) >= 11 is 3.13. The lowest BCUT2D eigenvalue weighted by Crippen LogP contribution is -2.45. The number of amides is 1. The lowest BCUT2D eigenvalue weighted by Gasteiger charge is -2.22. The maximum absolute atomic E-state index is 13.0. The molecule has 0 heterocycles. The molecule has 0 radical (unpaired) electrons. The lowest BCUT2D eigenvalue weighted by molar-refractivity contribution is -0.144. The van der Waals surface area contributed by atoms with E-state index in [1.54, 1.807) is 0 Å². The smallest absolute Gasteiger partial charge is 0.328 e. The average Bonchev–Trinajstić information content (AvgIpc) is 2.42. The molecule has 2 atom stereocenters. The lowest BCUT2D eigenvalue weighted by atomic mass is 9.99. The molecule has 0 saturated heterocycles. The number of esters is 1. The van der Waals surface area contributed by atoms with Gasteiger partial charge in [0.25, 0.3) is 5.91 Å². The van der Waals surface area contributed by atoms with E-state index in [9.17, 15) is 14.0 Å². The minimum absolute atomic E-state index is 0.0642. The van der Waals surface area contributed by atoms with Crippen LogP contribution in [0.1, 0.15) is 30.6 Å². The van der Waals surface area contributed by atoms with Gasteiger partial charge in [-0.3, -0.25) is 4.79 Å². The van der Waals surface area contributed by atoms with Gasteiger partial charge >= 0.3 is 5.97 Å². The Labute approximate surface area is 125 Å². The van der Waals surface area contributed by atoms with E-state index in [1.165, 1.54) is 25.3 Å². The van der Waals surface area contributed by atoms with Crippen LogP contribution in [0.15, 0.2) is 22.7 Å². The highest BCUT2D eigenvalue weighted by atomic mass is 79.9. The minimum Gasteiger partial charge on any atom is -0.467 e. The van der Waals surface area contributed by atoms with Crippen LogP contribution in [0.2, 0.25) is 0 Å². The van der Waals surface area contributed by atoms with Crippen molar-refractivity contribution in [3.63, 3.8) is 0 Å².